The highest BCUT2D eigenvalue weighted by Gasteiger charge is 2.40. The number of nitrogens with zero attached hydrogens (tertiary/aromatic N) is 1. The molecule has 1 heterocycles. The first-order valence-electron chi connectivity index (χ1n) is 8.00. The van der Waals surface area contributed by atoms with Crippen LogP contribution < -0.4 is 4.74 Å². The quantitative estimate of drug-likeness (QED) is 0.803. The third-order valence-corrected chi connectivity index (χ3v) is 4.56. The molecule has 1 aromatic rings. The van der Waals surface area contributed by atoms with Crippen LogP contribution in [-0.4, -0.2) is 48.8 Å². The molecular weight excluding hydrogens is 310 g/mol. The number of rotatable bonds is 6. The molecule has 0 saturated carbocycles. The number of likely N-dealkylation sites (tertiary alicyclic amines) is 1. The maximum absolute atomic E-state index is 11.3. The second-order valence-corrected chi connectivity index (χ2v) is 6.75. The first-order chi connectivity index (χ1) is 11.2. The van der Waals surface area contributed by atoms with Gasteiger partial charge in [0.15, 0.2) is 6.61 Å². The van der Waals surface area contributed by atoms with Gasteiger partial charge in [0.2, 0.25) is 0 Å². The standard InChI is InChI=1S/C18H25NO5/c1-12-7-14(8-13(2)16(12)24-10-15(20)23-4)9-19-6-5-18(3,11-19)17(21)22/h7-8H,5-6,9-11H2,1-4H3,(H,21,22). The van der Waals surface area contributed by atoms with Crippen molar-refractivity contribution in [2.75, 3.05) is 26.8 Å². The Balaban J connectivity index is 2.05. The molecule has 1 aliphatic rings. The Kier molecular flexibility index (Phi) is 5.49. The fourth-order valence-corrected chi connectivity index (χ4v) is 3.17. The summed E-state index contributed by atoms with van der Waals surface area (Å²) in [5.41, 5.74) is 2.36. The highest BCUT2D eigenvalue weighted by atomic mass is 16.6. The molecule has 132 valence electrons. The van der Waals surface area contributed by atoms with E-state index in [0.29, 0.717) is 25.3 Å². The molecule has 0 aromatic heterocycles. The summed E-state index contributed by atoms with van der Waals surface area (Å²) >= 11 is 0. The smallest absolute Gasteiger partial charge is 0.343 e. The maximum atomic E-state index is 11.3. The van der Waals surface area contributed by atoms with Gasteiger partial charge in [0.25, 0.3) is 0 Å². The van der Waals surface area contributed by atoms with E-state index in [0.717, 1.165) is 23.2 Å². The number of hydrogen-bond donors (Lipinski definition) is 1. The number of methoxy groups -OCH3 is 1. The van der Waals surface area contributed by atoms with Crippen LogP contribution >= 0.6 is 0 Å². The van der Waals surface area contributed by atoms with E-state index in [9.17, 15) is 14.7 Å². The third-order valence-electron chi connectivity index (χ3n) is 4.56. The average molecular weight is 335 g/mol. The Labute approximate surface area is 142 Å². The fraction of sp³-hybridized carbons (Fsp3) is 0.556. The molecule has 6 nitrogen and oxygen atoms in total. The Morgan fingerprint density at radius 3 is 2.42 bits per heavy atom. The number of hydrogen-bond acceptors (Lipinski definition) is 5. The predicted molar refractivity (Wildman–Crippen MR) is 89.1 cm³/mol. The van der Waals surface area contributed by atoms with Crippen LogP contribution in [-0.2, 0) is 20.9 Å². The third kappa shape index (κ3) is 4.06. The summed E-state index contributed by atoms with van der Waals surface area (Å²) in [6.07, 6.45) is 0.667. The lowest BCUT2D eigenvalue weighted by Gasteiger charge is -2.21. The molecule has 24 heavy (non-hydrogen) atoms. The molecule has 1 aromatic carbocycles. The molecule has 1 atom stereocenters. The summed E-state index contributed by atoms with van der Waals surface area (Å²) in [6.45, 7) is 7.61. The molecular formula is C18H25NO5. The van der Waals surface area contributed by atoms with Crippen LogP contribution in [0.4, 0.5) is 0 Å². The van der Waals surface area contributed by atoms with Crippen molar-refractivity contribution in [2.45, 2.75) is 33.7 Å². The molecule has 1 N–H and O–H groups in total. The van der Waals surface area contributed by atoms with E-state index in [-0.39, 0.29) is 6.61 Å². The Morgan fingerprint density at radius 2 is 1.92 bits per heavy atom. The van der Waals surface area contributed by atoms with Crippen LogP contribution in [0.25, 0.3) is 0 Å². The summed E-state index contributed by atoms with van der Waals surface area (Å²) in [7, 11) is 1.33. The van der Waals surface area contributed by atoms with E-state index in [2.05, 4.69) is 9.64 Å². The molecule has 2 rings (SSSR count). The molecule has 1 fully saturated rings. The Bertz CT molecular complexity index is 619. The minimum absolute atomic E-state index is 0.110. The summed E-state index contributed by atoms with van der Waals surface area (Å²) in [5.74, 6) is -0.451. The number of aryl methyl sites for hydroxylation is 2. The van der Waals surface area contributed by atoms with Crippen molar-refractivity contribution in [3.8, 4) is 5.75 Å². The molecule has 1 aliphatic heterocycles. The van der Waals surface area contributed by atoms with Crippen LogP contribution in [0.2, 0.25) is 0 Å². The summed E-state index contributed by atoms with van der Waals surface area (Å²) in [4.78, 5) is 24.7. The molecule has 6 heteroatoms. The number of ether oxygens (including phenoxy) is 2. The van der Waals surface area contributed by atoms with Crippen molar-refractivity contribution in [3.63, 3.8) is 0 Å². The van der Waals surface area contributed by atoms with Crippen molar-refractivity contribution in [3.05, 3.63) is 28.8 Å². The average Bonchev–Trinajstić information content (AvgIpc) is 2.88. The number of benzene rings is 1. The van der Waals surface area contributed by atoms with Crippen molar-refractivity contribution in [2.24, 2.45) is 5.41 Å². The number of carbonyl (C=O) groups excluding carboxylic acids is 1. The van der Waals surface area contributed by atoms with Gasteiger partial charge in [-0.25, -0.2) is 4.79 Å². The lowest BCUT2D eigenvalue weighted by molar-refractivity contribution is -0.147. The van der Waals surface area contributed by atoms with Crippen LogP contribution in [0.3, 0.4) is 0 Å². The van der Waals surface area contributed by atoms with Crippen LogP contribution in [0, 0.1) is 19.3 Å². The van der Waals surface area contributed by atoms with Gasteiger partial charge >= 0.3 is 11.9 Å². The van der Waals surface area contributed by atoms with Gasteiger partial charge in [-0.05, 0) is 50.4 Å². The number of carbonyl (C=O) groups is 2. The van der Waals surface area contributed by atoms with E-state index >= 15 is 0 Å². The molecule has 0 radical (unpaired) electrons. The van der Waals surface area contributed by atoms with Crippen molar-refractivity contribution < 1.29 is 24.2 Å². The topological polar surface area (TPSA) is 76.1 Å². The van der Waals surface area contributed by atoms with E-state index in [1.165, 1.54) is 7.11 Å². The molecule has 1 saturated heterocycles. The number of aliphatic carboxylic acids is 1. The first-order valence-corrected chi connectivity index (χ1v) is 8.00. The summed E-state index contributed by atoms with van der Waals surface area (Å²) in [5, 5.41) is 9.32. The minimum atomic E-state index is -0.732. The lowest BCUT2D eigenvalue weighted by Crippen LogP contribution is -2.31. The van der Waals surface area contributed by atoms with Crippen LogP contribution in [0.1, 0.15) is 30.0 Å². The highest BCUT2D eigenvalue weighted by Crippen LogP contribution is 2.32. The fourth-order valence-electron chi connectivity index (χ4n) is 3.17. The largest absolute Gasteiger partial charge is 0.481 e. The minimum Gasteiger partial charge on any atom is -0.481 e. The van der Waals surface area contributed by atoms with Gasteiger partial charge < -0.3 is 14.6 Å². The van der Waals surface area contributed by atoms with Crippen molar-refractivity contribution in [1.82, 2.24) is 4.90 Å². The van der Waals surface area contributed by atoms with Crippen molar-refractivity contribution >= 4 is 11.9 Å². The van der Waals surface area contributed by atoms with Crippen LogP contribution in [0.15, 0.2) is 12.1 Å². The van der Waals surface area contributed by atoms with Crippen LogP contribution in [0.5, 0.6) is 5.75 Å². The van der Waals surface area contributed by atoms with Gasteiger partial charge in [0.05, 0.1) is 12.5 Å². The monoisotopic (exact) mass is 335 g/mol. The summed E-state index contributed by atoms with van der Waals surface area (Å²) in [6, 6.07) is 4.05. The second kappa shape index (κ2) is 7.21. The number of esters is 1. The zero-order valence-corrected chi connectivity index (χ0v) is 14.7. The van der Waals surface area contributed by atoms with Gasteiger partial charge in [-0.2, -0.15) is 0 Å². The Morgan fingerprint density at radius 1 is 1.29 bits per heavy atom. The lowest BCUT2D eigenvalue weighted by atomic mass is 9.90. The van der Waals surface area contributed by atoms with E-state index in [1.54, 1.807) is 6.92 Å². The zero-order chi connectivity index (χ0) is 17.9. The second-order valence-electron chi connectivity index (χ2n) is 6.75. The SMILES string of the molecule is COC(=O)COc1c(C)cc(CN2CCC(C)(C(=O)O)C2)cc1C. The van der Waals surface area contributed by atoms with E-state index < -0.39 is 17.4 Å². The zero-order valence-electron chi connectivity index (χ0n) is 14.7. The summed E-state index contributed by atoms with van der Waals surface area (Å²) < 4.78 is 10.1. The predicted octanol–water partition coefficient (Wildman–Crippen LogP) is 2.15. The molecule has 1 unspecified atom stereocenters. The van der Waals surface area contributed by atoms with Gasteiger partial charge in [-0.1, -0.05) is 12.1 Å². The highest BCUT2D eigenvalue weighted by molar-refractivity contribution is 5.74. The first kappa shape index (κ1) is 18.3. The molecule has 0 spiro atoms. The molecule has 0 aliphatic carbocycles. The normalized spacial score (nSPS) is 20.8. The van der Waals surface area contributed by atoms with E-state index in [1.807, 2.05) is 26.0 Å². The maximum Gasteiger partial charge on any atom is 0.343 e. The molecule has 0 amide bonds. The Hall–Kier alpha value is -2.08. The van der Waals surface area contributed by atoms with Crippen molar-refractivity contribution in [1.29, 1.82) is 0 Å². The van der Waals surface area contributed by atoms with Gasteiger partial charge in [0.1, 0.15) is 5.75 Å². The molecule has 0 bridgehead atoms. The number of carboxylic acids is 1. The van der Waals surface area contributed by atoms with Gasteiger partial charge in [-0.3, -0.25) is 9.69 Å². The van der Waals surface area contributed by atoms with Gasteiger partial charge in [0, 0.05) is 13.1 Å². The van der Waals surface area contributed by atoms with Gasteiger partial charge in [-0.15, -0.1) is 0 Å². The number of carboxylic acid groups (broad SMARTS) is 1. The van der Waals surface area contributed by atoms with E-state index in [4.69, 9.17) is 4.74 Å².